The molecule has 3 rings (SSSR count). The third-order valence-corrected chi connectivity index (χ3v) is 3.92. The standard InChI is InChI=1S/C17H16N6O2/c18-11-13-1-3-14(4-2-13)19-16-6-5-15(20-21-16)17(25)23-9-7-22(12-24)8-10-23/h1-6,12H,7-10H2,(H,19,21). The second-order valence-electron chi connectivity index (χ2n) is 5.55. The zero-order chi connectivity index (χ0) is 17.6. The lowest BCUT2D eigenvalue weighted by molar-refractivity contribution is -0.119. The Kier molecular flexibility index (Phi) is 4.85. The number of nitrogens with one attached hydrogen (secondary N) is 1. The molecule has 0 radical (unpaired) electrons. The molecule has 0 aliphatic carbocycles. The van der Waals surface area contributed by atoms with Crippen molar-refractivity contribution in [1.82, 2.24) is 20.0 Å². The van der Waals surface area contributed by atoms with Crippen LogP contribution in [0.1, 0.15) is 16.1 Å². The minimum absolute atomic E-state index is 0.192. The van der Waals surface area contributed by atoms with Crippen molar-refractivity contribution in [2.45, 2.75) is 0 Å². The average Bonchev–Trinajstić information content (AvgIpc) is 2.69. The van der Waals surface area contributed by atoms with Crippen LogP contribution in [-0.4, -0.2) is 58.5 Å². The summed E-state index contributed by atoms with van der Waals surface area (Å²) in [5.41, 5.74) is 1.62. The zero-order valence-electron chi connectivity index (χ0n) is 13.4. The molecule has 126 valence electrons. The Morgan fingerprint density at radius 3 is 2.36 bits per heavy atom. The maximum atomic E-state index is 12.4. The largest absolute Gasteiger partial charge is 0.342 e. The second kappa shape index (κ2) is 7.40. The Bertz CT molecular complexity index is 789. The summed E-state index contributed by atoms with van der Waals surface area (Å²) in [6.07, 6.45) is 0.797. The van der Waals surface area contributed by atoms with E-state index in [-0.39, 0.29) is 11.6 Å². The number of anilines is 2. The molecule has 1 aromatic heterocycles. The molecule has 2 heterocycles. The van der Waals surface area contributed by atoms with E-state index in [1.807, 2.05) is 0 Å². The normalized spacial score (nSPS) is 13.9. The number of hydrogen-bond acceptors (Lipinski definition) is 6. The quantitative estimate of drug-likeness (QED) is 0.836. The molecule has 0 atom stereocenters. The topological polar surface area (TPSA) is 102 Å². The van der Waals surface area contributed by atoms with Gasteiger partial charge in [-0.3, -0.25) is 9.59 Å². The van der Waals surface area contributed by atoms with Gasteiger partial charge in [-0.25, -0.2) is 0 Å². The molecule has 1 fully saturated rings. The van der Waals surface area contributed by atoms with Crippen molar-refractivity contribution in [1.29, 1.82) is 5.26 Å². The van der Waals surface area contributed by atoms with E-state index >= 15 is 0 Å². The number of benzene rings is 1. The van der Waals surface area contributed by atoms with Gasteiger partial charge in [0.2, 0.25) is 6.41 Å². The van der Waals surface area contributed by atoms with E-state index in [1.54, 1.807) is 46.2 Å². The summed E-state index contributed by atoms with van der Waals surface area (Å²) >= 11 is 0. The van der Waals surface area contributed by atoms with Crippen LogP contribution in [-0.2, 0) is 4.79 Å². The molecule has 8 nitrogen and oxygen atoms in total. The summed E-state index contributed by atoms with van der Waals surface area (Å²) in [5, 5.41) is 19.9. The Balaban J connectivity index is 1.62. The van der Waals surface area contributed by atoms with Crippen molar-refractivity contribution in [3.05, 3.63) is 47.7 Å². The molecule has 25 heavy (non-hydrogen) atoms. The predicted molar refractivity (Wildman–Crippen MR) is 90.0 cm³/mol. The van der Waals surface area contributed by atoms with Crippen molar-refractivity contribution >= 4 is 23.8 Å². The van der Waals surface area contributed by atoms with Crippen LogP contribution in [0.15, 0.2) is 36.4 Å². The summed E-state index contributed by atoms with van der Waals surface area (Å²) in [5.74, 6) is 0.315. The lowest BCUT2D eigenvalue weighted by Gasteiger charge is -2.32. The maximum Gasteiger partial charge on any atom is 0.274 e. The molecule has 1 aliphatic rings. The smallest absolute Gasteiger partial charge is 0.274 e. The average molecular weight is 336 g/mol. The SMILES string of the molecule is N#Cc1ccc(Nc2ccc(C(=O)N3CCN(C=O)CC3)nn2)cc1. The molecule has 0 spiro atoms. The maximum absolute atomic E-state index is 12.4. The lowest BCUT2D eigenvalue weighted by Crippen LogP contribution is -2.48. The van der Waals surface area contributed by atoms with E-state index in [1.165, 1.54) is 0 Å². The number of hydrogen-bond donors (Lipinski definition) is 1. The highest BCUT2D eigenvalue weighted by Gasteiger charge is 2.22. The molecule has 1 aliphatic heterocycles. The van der Waals surface area contributed by atoms with Crippen LogP contribution in [0, 0.1) is 11.3 Å². The number of carbonyl (C=O) groups is 2. The Labute approximate surface area is 144 Å². The number of nitriles is 1. The van der Waals surface area contributed by atoms with Gasteiger partial charge in [0.05, 0.1) is 11.6 Å². The third-order valence-electron chi connectivity index (χ3n) is 3.92. The summed E-state index contributed by atoms with van der Waals surface area (Å²) in [6.45, 7) is 2.04. The van der Waals surface area contributed by atoms with Crippen LogP contribution in [0.25, 0.3) is 0 Å². The van der Waals surface area contributed by atoms with Crippen molar-refractivity contribution in [3.63, 3.8) is 0 Å². The first-order valence-electron chi connectivity index (χ1n) is 7.79. The van der Waals surface area contributed by atoms with Gasteiger partial charge in [-0.1, -0.05) is 0 Å². The molecule has 0 bridgehead atoms. The zero-order valence-corrected chi connectivity index (χ0v) is 13.4. The molecule has 8 heteroatoms. The molecule has 1 saturated heterocycles. The Morgan fingerprint density at radius 1 is 1.08 bits per heavy atom. The highest BCUT2D eigenvalue weighted by atomic mass is 16.2. The van der Waals surface area contributed by atoms with Crippen LogP contribution in [0.5, 0.6) is 0 Å². The monoisotopic (exact) mass is 336 g/mol. The van der Waals surface area contributed by atoms with E-state index in [2.05, 4.69) is 21.6 Å². The van der Waals surface area contributed by atoms with Crippen LogP contribution in [0.3, 0.4) is 0 Å². The Hall–Kier alpha value is -3.47. The van der Waals surface area contributed by atoms with Gasteiger partial charge in [0.25, 0.3) is 5.91 Å². The molecular formula is C17H16N6O2. The van der Waals surface area contributed by atoms with Crippen molar-refractivity contribution in [2.75, 3.05) is 31.5 Å². The van der Waals surface area contributed by atoms with Gasteiger partial charge in [0.15, 0.2) is 11.5 Å². The number of carbonyl (C=O) groups excluding carboxylic acids is 2. The molecule has 0 unspecified atom stereocenters. The first-order chi connectivity index (χ1) is 12.2. The lowest BCUT2D eigenvalue weighted by atomic mass is 10.2. The van der Waals surface area contributed by atoms with E-state index in [0.717, 1.165) is 12.1 Å². The number of aromatic nitrogens is 2. The van der Waals surface area contributed by atoms with Gasteiger partial charge < -0.3 is 15.1 Å². The fourth-order valence-corrected chi connectivity index (χ4v) is 2.48. The van der Waals surface area contributed by atoms with Gasteiger partial charge in [-0.05, 0) is 36.4 Å². The summed E-state index contributed by atoms with van der Waals surface area (Å²) in [4.78, 5) is 26.4. The van der Waals surface area contributed by atoms with Gasteiger partial charge >= 0.3 is 0 Å². The molecule has 2 amide bonds. The van der Waals surface area contributed by atoms with Crippen LogP contribution >= 0.6 is 0 Å². The second-order valence-corrected chi connectivity index (χ2v) is 5.55. The van der Waals surface area contributed by atoms with Crippen LogP contribution < -0.4 is 5.32 Å². The minimum atomic E-state index is -0.192. The minimum Gasteiger partial charge on any atom is -0.342 e. The van der Waals surface area contributed by atoms with Gasteiger partial charge in [0.1, 0.15) is 0 Å². The van der Waals surface area contributed by atoms with Crippen LogP contribution in [0.4, 0.5) is 11.5 Å². The van der Waals surface area contributed by atoms with Crippen LogP contribution in [0.2, 0.25) is 0 Å². The predicted octanol–water partition coefficient (Wildman–Crippen LogP) is 1.01. The highest BCUT2D eigenvalue weighted by Crippen LogP contribution is 2.15. The van der Waals surface area contributed by atoms with Gasteiger partial charge in [-0.15, -0.1) is 10.2 Å². The first-order valence-corrected chi connectivity index (χ1v) is 7.79. The highest BCUT2D eigenvalue weighted by molar-refractivity contribution is 5.92. The van der Waals surface area contributed by atoms with E-state index in [0.29, 0.717) is 37.6 Å². The van der Waals surface area contributed by atoms with E-state index in [4.69, 9.17) is 5.26 Å². The van der Waals surface area contributed by atoms with Crippen molar-refractivity contribution in [3.8, 4) is 6.07 Å². The first kappa shape index (κ1) is 16.4. The van der Waals surface area contributed by atoms with Crippen molar-refractivity contribution in [2.24, 2.45) is 0 Å². The number of nitrogens with zero attached hydrogens (tertiary/aromatic N) is 5. The van der Waals surface area contributed by atoms with Gasteiger partial charge in [0, 0.05) is 31.9 Å². The summed E-state index contributed by atoms with van der Waals surface area (Å²) in [6, 6.07) is 12.3. The number of amides is 2. The number of rotatable bonds is 4. The molecule has 1 aromatic carbocycles. The molecule has 2 aromatic rings. The summed E-state index contributed by atoms with van der Waals surface area (Å²) in [7, 11) is 0. The Morgan fingerprint density at radius 2 is 1.80 bits per heavy atom. The molecular weight excluding hydrogens is 320 g/mol. The number of piperazine rings is 1. The third kappa shape index (κ3) is 3.90. The van der Waals surface area contributed by atoms with E-state index in [9.17, 15) is 9.59 Å². The summed E-state index contributed by atoms with van der Waals surface area (Å²) < 4.78 is 0. The fraction of sp³-hybridized carbons (Fsp3) is 0.235. The molecule has 1 N–H and O–H groups in total. The molecule has 0 saturated carbocycles. The van der Waals surface area contributed by atoms with E-state index < -0.39 is 0 Å². The fourth-order valence-electron chi connectivity index (χ4n) is 2.48. The van der Waals surface area contributed by atoms with Gasteiger partial charge in [-0.2, -0.15) is 5.26 Å². The van der Waals surface area contributed by atoms with Crippen molar-refractivity contribution < 1.29 is 9.59 Å².